The summed E-state index contributed by atoms with van der Waals surface area (Å²) in [7, 11) is 2.24. The van der Waals surface area contributed by atoms with Gasteiger partial charge in [-0.1, -0.05) is 0 Å². The Labute approximate surface area is 113 Å². The van der Waals surface area contributed by atoms with E-state index in [1.54, 1.807) is 18.3 Å². The molecule has 0 unspecified atom stereocenters. The van der Waals surface area contributed by atoms with Gasteiger partial charge in [0.1, 0.15) is 5.01 Å². The van der Waals surface area contributed by atoms with Gasteiger partial charge in [-0.3, -0.25) is 4.90 Å². The van der Waals surface area contributed by atoms with Crippen molar-refractivity contribution in [1.82, 2.24) is 9.88 Å². The molecule has 2 fully saturated rings. The summed E-state index contributed by atoms with van der Waals surface area (Å²) < 4.78 is 0. The van der Waals surface area contributed by atoms with Crippen LogP contribution < -0.4 is 0 Å². The fourth-order valence-corrected chi connectivity index (χ4v) is 3.81. The van der Waals surface area contributed by atoms with Gasteiger partial charge >= 0.3 is 0 Å². The number of aliphatic hydroxyl groups is 1. The first-order valence-corrected chi connectivity index (χ1v) is 7.79. The first kappa shape index (κ1) is 12.6. The quantitative estimate of drug-likeness (QED) is 0.860. The molecule has 100 valence electrons. The van der Waals surface area contributed by atoms with Gasteiger partial charge in [-0.15, -0.1) is 11.3 Å². The van der Waals surface area contributed by atoms with E-state index < -0.39 is 0 Å². The van der Waals surface area contributed by atoms with Crippen LogP contribution in [0, 0.1) is 11.8 Å². The number of nitrogens with zero attached hydrogens (tertiary/aromatic N) is 2. The molecule has 0 saturated heterocycles. The maximum atomic E-state index is 9.53. The molecule has 0 aliphatic heterocycles. The Hall–Kier alpha value is -0.450. The first-order chi connectivity index (χ1) is 8.65. The topological polar surface area (TPSA) is 36.4 Å². The lowest BCUT2D eigenvalue weighted by molar-refractivity contribution is 0.186. The summed E-state index contributed by atoms with van der Waals surface area (Å²) in [6.45, 7) is 2.74. The Morgan fingerprint density at radius 2 is 2.00 bits per heavy atom. The van der Waals surface area contributed by atoms with Crippen LogP contribution in [0.5, 0.6) is 0 Å². The zero-order valence-corrected chi connectivity index (χ0v) is 12.0. The normalized spacial score (nSPS) is 21.8. The summed E-state index contributed by atoms with van der Waals surface area (Å²) in [6.07, 6.45) is 7.11. The van der Waals surface area contributed by atoms with Gasteiger partial charge in [-0.05, 0) is 51.5 Å². The Balaban J connectivity index is 1.63. The summed E-state index contributed by atoms with van der Waals surface area (Å²) in [4.78, 5) is 7.92. The van der Waals surface area contributed by atoms with Gasteiger partial charge in [0.15, 0.2) is 0 Å². The van der Waals surface area contributed by atoms with Crippen molar-refractivity contribution in [3.05, 3.63) is 16.1 Å². The largest absolute Gasteiger partial charge is 0.388 e. The summed E-state index contributed by atoms with van der Waals surface area (Å²) in [6, 6.07) is 0.781. The lowest BCUT2D eigenvalue weighted by Gasteiger charge is -2.27. The molecule has 4 heteroatoms. The molecule has 2 saturated carbocycles. The van der Waals surface area contributed by atoms with Crippen molar-refractivity contribution in [2.45, 2.75) is 51.3 Å². The summed E-state index contributed by atoms with van der Waals surface area (Å²) >= 11 is 1.65. The lowest BCUT2D eigenvalue weighted by atomic mass is 10.1. The molecule has 1 atom stereocenters. The van der Waals surface area contributed by atoms with Crippen LogP contribution in [0.3, 0.4) is 0 Å². The van der Waals surface area contributed by atoms with E-state index in [0.29, 0.717) is 0 Å². The van der Waals surface area contributed by atoms with Crippen LogP contribution in [0.15, 0.2) is 6.20 Å². The molecule has 3 rings (SSSR count). The monoisotopic (exact) mass is 266 g/mol. The average molecular weight is 266 g/mol. The van der Waals surface area contributed by atoms with Crippen LogP contribution in [0.4, 0.5) is 0 Å². The van der Waals surface area contributed by atoms with Crippen LogP contribution in [0.25, 0.3) is 0 Å². The van der Waals surface area contributed by atoms with Crippen LogP contribution in [0.2, 0.25) is 0 Å². The molecule has 2 aliphatic carbocycles. The molecule has 1 aromatic heterocycles. The zero-order chi connectivity index (χ0) is 12.7. The molecule has 0 aromatic carbocycles. The van der Waals surface area contributed by atoms with E-state index in [-0.39, 0.29) is 6.10 Å². The Bertz CT molecular complexity index is 398. The predicted octanol–water partition coefficient (Wildman–Crippen LogP) is 2.82. The number of aliphatic hydroxyl groups excluding tert-OH is 1. The van der Waals surface area contributed by atoms with E-state index in [2.05, 4.69) is 16.9 Å². The van der Waals surface area contributed by atoms with E-state index in [9.17, 15) is 5.11 Å². The fourth-order valence-electron chi connectivity index (χ4n) is 2.89. The Kier molecular flexibility index (Phi) is 3.43. The lowest BCUT2D eigenvalue weighted by Crippen LogP contribution is -2.34. The minimum atomic E-state index is -0.385. The van der Waals surface area contributed by atoms with Gasteiger partial charge in [0.2, 0.25) is 0 Å². The van der Waals surface area contributed by atoms with E-state index >= 15 is 0 Å². The van der Waals surface area contributed by atoms with Crippen molar-refractivity contribution >= 4 is 11.3 Å². The first-order valence-electron chi connectivity index (χ1n) is 6.98. The molecule has 2 aliphatic rings. The smallest absolute Gasteiger partial charge is 0.107 e. The standard InChI is InChI=1S/C14H22N2OS/c1-9(17)12-7-15-13(18-12)8-16(2)14(10-3-4-10)11-5-6-11/h7,9-11,14,17H,3-6,8H2,1-2H3/t9-/m0/s1. The van der Waals surface area contributed by atoms with Crippen molar-refractivity contribution < 1.29 is 5.11 Å². The molecule has 18 heavy (non-hydrogen) atoms. The average Bonchev–Trinajstić information content (AvgIpc) is 3.22. The molecule has 1 heterocycles. The van der Waals surface area contributed by atoms with E-state index in [4.69, 9.17) is 0 Å². The Morgan fingerprint density at radius 1 is 1.39 bits per heavy atom. The SMILES string of the molecule is C[C@H](O)c1cnc(CN(C)C(C2CC2)C2CC2)s1. The number of rotatable bonds is 6. The zero-order valence-electron chi connectivity index (χ0n) is 11.2. The highest BCUT2D eigenvalue weighted by Gasteiger charge is 2.43. The number of thiazole rings is 1. The third kappa shape index (κ3) is 2.76. The second-order valence-corrected chi connectivity index (χ2v) is 7.06. The molecule has 0 amide bonds. The van der Waals surface area contributed by atoms with Crippen molar-refractivity contribution in [2.24, 2.45) is 11.8 Å². The third-order valence-corrected chi connectivity index (χ3v) is 5.24. The van der Waals surface area contributed by atoms with Gasteiger partial charge in [-0.2, -0.15) is 0 Å². The van der Waals surface area contributed by atoms with Gasteiger partial charge in [0.25, 0.3) is 0 Å². The highest BCUT2D eigenvalue weighted by molar-refractivity contribution is 7.11. The van der Waals surface area contributed by atoms with Gasteiger partial charge in [0.05, 0.1) is 17.5 Å². The highest BCUT2D eigenvalue weighted by Crippen LogP contribution is 2.47. The minimum absolute atomic E-state index is 0.385. The van der Waals surface area contributed by atoms with Crippen molar-refractivity contribution in [3.63, 3.8) is 0 Å². The second-order valence-electron chi connectivity index (χ2n) is 5.91. The van der Waals surface area contributed by atoms with Crippen LogP contribution in [0.1, 0.15) is 48.6 Å². The maximum Gasteiger partial charge on any atom is 0.107 e. The van der Waals surface area contributed by atoms with Gasteiger partial charge < -0.3 is 5.11 Å². The van der Waals surface area contributed by atoms with Crippen LogP contribution in [-0.4, -0.2) is 28.1 Å². The third-order valence-electron chi connectivity index (χ3n) is 4.09. The summed E-state index contributed by atoms with van der Waals surface area (Å²) in [5.41, 5.74) is 0. The van der Waals surface area contributed by atoms with E-state index in [1.165, 1.54) is 25.7 Å². The molecular weight excluding hydrogens is 244 g/mol. The Morgan fingerprint density at radius 3 is 2.44 bits per heavy atom. The minimum Gasteiger partial charge on any atom is -0.388 e. The number of hydrogen-bond acceptors (Lipinski definition) is 4. The van der Waals surface area contributed by atoms with Crippen molar-refractivity contribution in [1.29, 1.82) is 0 Å². The van der Waals surface area contributed by atoms with Gasteiger partial charge in [-0.25, -0.2) is 4.98 Å². The van der Waals surface area contributed by atoms with Gasteiger partial charge in [0, 0.05) is 12.2 Å². The second kappa shape index (κ2) is 4.91. The molecule has 0 bridgehead atoms. The highest BCUT2D eigenvalue weighted by atomic mass is 32.1. The number of hydrogen-bond donors (Lipinski definition) is 1. The molecule has 1 N–H and O–H groups in total. The predicted molar refractivity (Wildman–Crippen MR) is 73.5 cm³/mol. The molecule has 1 aromatic rings. The molecule has 0 radical (unpaired) electrons. The van der Waals surface area contributed by atoms with Crippen LogP contribution in [-0.2, 0) is 6.54 Å². The fraction of sp³-hybridized carbons (Fsp3) is 0.786. The summed E-state index contributed by atoms with van der Waals surface area (Å²) in [5, 5.41) is 10.7. The van der Waals surface area contributed by atoms with Crippen LogP contribution >= 0.6 is 11.3 Å². The molecule has 3 nitrogen and oxygen atoms in total. The maximum absolute atomic E-state index is 9.53. The summed E-state index contributed by atoms with van der Waals surface area (Å²) in [5.74, 6) is 1.89. The van der Waals surface area contributed by atoms with Crippen molar-refractivity contribution in [3.8, 4) is 0 Å². The number of aromatic nitrogens is 1. The molecule has 0 spiro atoms. The van der Waals surface area contributed by atoms with Crippen molar-refractivity contribution in [2.75, 3.05) is 7.05 Å². The van der Waals surface area contributed by atoms with E-state index in [0.717, 1.165) is 34.3 Å². The molecular formula is C14H22N2OS. The van der Waals surface area contributed by atoms with E-state index in [1.807, 2.05) is 6.20 Å².